The molecule has 1 aliphatic rings. The first kappa shape index (κ1) is 9.43. The highest BCUT2D eigenvalue weighted by Gasteiger charge is 2.41. The molecule has 0 aromatic carbocycles. The van der Waals surface area contributed by atoms with E-state index in [-0.39, 0.29) is 17.8 Å². The lowest BCUT2D eigenvalue weighted by Crippen LogP contribution is -2.49. The normalized spacial score (nSPS) is 22.5. The highest BCUT2D eigenvalue weighted by atomic mass is 35.5. The fourth-order valence-corrected chi connectivity index (χ4v) is 1.85. The fourth-order valence-electron chi connectivity index (χ4n) is 1.03. The van der Waals surface area contributed by atoms with E-state index in [0.717, 1.165) is 0 Å². The van der Waals surface area contributed by atoms with Crippen molar-refractivity contribution in [3.05, 3.63) is 0 Å². The second kappa shape index (κ2) is 3.38. The zero-order valence-electron chi connectivity index (χ0n) is 5.74. The minimum atomic E-state index is -0.635. The van der Waals surface area contributed by atoms with E-state index in [1.54, 1.807) is 0 Å². The van der Waals surface area contributed by atoms with Crippen LogP contribution in [0.3, 0.4) is 0 Å². The van der Waals surface area contributed by atoms with E-state index in [0.29, 0.717) is 12.8 Å². The molecule has 0 aromatic heterocycles. The largest absolute Gasteiger partial charge is 0.352 e. The molecule has 64 valence electrons. The Balaban J connectivity index is 2.19. The molecule has 0 heterocycles. The number of halogens is 3. The van der Waals surface area contributed by atoms with Gasteiger partial charge in [-0.2, -0.15) is 0 Å². The van der Waals surface area contributed by atoms with Crippen LogP contribution in [0.1, 0.15) is 12.8 Å². The van der Waals surface area contributed by atoms with Gasteiger partial charge in [-0.05, 0) is 0 Å². The summed E-state index contributed by atoms with van der Waals surface area (Å²) < 4.78 is -0.635. The number of carbonyl (C=O) groups excluding carboxylic acids is 1. The zero-order chi connectivity index (χ0) is 8.48. The first-order valence-corrected chi connectivity index (χ1v) is 4.56. The minimum Gasteiger partial charge on any atom is -0.352 e. The van der Waals surface area contributed by atoms with Crippen molar-refractivity contribution in [1.29, 1.82) is 0 Å². The molecule has 1 saturated carbocycles. The van der Waals surface area contributed by atoms with E-state index >= 15 is 0 Å². The molecule has 1 N–H and O–H groups in total. The first-order chi connectivity index (χ1) is 5.03. The molecule has 2 nitrogen and oxygen atoms in total. The third kappa shape index (κ3) is 2.69. The number of hydrogen-bond donors (Lipinski definition) is 1. The summed E-state index contributed by atoms with van der Waals surface area (Å²) in [6, 6.07) is 0.108. The van der Waals surface area contributed by atoms with Gasteiger partial charge in [0.15, 0.2) is 0 Å². The van der Waals surface area contributed by atoms with E-state index in [1.165, 1.54) is 0 Å². The monoisotopic (exact) mass is 215 g/mol. The number of rotatable bonds is 2. The van der Waals surface area contributed by atoms with Gasteiger partial charge < -0.3 is 5.32 Å². The van der Waals surface area contributed by atoms with Gasteiger partial charge in [-0.1, -0.05) is 0 Å². The van der Waals surface area contributed by atoms with Crippen molar-refractivity contribution in [2.45, 2.75) is 23.2 Å². The van der Waals surface area contributed by atoms with E-state index in [9.17, 15) is 4.79 Å². The second-order valence-corrected chi connectivity index (χ2v) is 4.57. The van der Waals surface area contributed by atoms with Gasteiger partial charge in [-0.15, -0.1) is 34.8 Å². The summed E-state index contributed by atoms with van der Waals surface area (Å²) in [5.41, 5.74) is 0. The highest BCUT2D eigenvalue weighted by molar-refractivity contribution is 6.49. The van der Waals surface area contributed by atoms with Crippen LogP contribution in [0.4, 0.5) is 0 Å². The molecule has 1 aliphatic carbocycles. The molecule has 0 atom stereocenters. The van der Waals surface area contributed by atoms with Crippen LogP contribution in [0.5, 0.6) is 0 Å². The van der Waals surface area contributed by atoms with Gasteiger partial charge in [0.25, 0.3) is 0 Å². The Bertz CT molecular complexity index is 163. The Morgan fingerprint density at radius 2 is 2.09 bits per heavy atom. The van der Waals surface area contributed by atoms with Gasteiger partial charge in [0.05, 0.1) is 0 Å². The van der Waals surface area contributed by atoms with E-state index in [4.69, 9.17) is 34.8 Å². The molecule has 0 bridgehead atoms. The van der Waals surface area contributed by atoms with E-state index in [1.807, 2.05) is 0 Å². The molecule has 0 unspecified atom stereocenters. The Morgan fingerprint density at radius 1 is 1.55 bits per heavy atom. The summed E-state index contributed by atoms with van der Waals surface area (Å²) in [5, 5.41) is 2.68. The van der Waals surface area contributed by atoms with Crippen molar-refractivity contribution in [3.8, 4) is 0 Å². The quantitative estimate of drug-likeness (QED) is 0.699. The maximum atomic E-state index is 10.7. The summed E-state index contributed by atoms with van der Waals surface area (Å²) in [5.74, 6) is -0.172. The number of amides is 1. The van der Waals surface area contributed by atoms with Crippen molar-refractivity contribution >= 4 is 40.7 Å². The van der Waals surface area contributed by atoms with Crippen LogP contribution >= 0.6 is 34.8 Å². The Morgan fingerprint density at radius 3 is 2.45 bits per heavy atom. The smallest absolute Gasteiger partial charge is 0.235 e. The average molecular weight is 216 g/mol. The van der Waals surface area contributed by atoms with Crippen LogP contribution in [0.15, 0.2) is 0 Å². The molecule has 0 spiro atoms. The molecule has 0 saturated heterocycles. The molecule has 1 fully saturated rings. The SMILES string of the molecule is O=C(CCl)NC1CC(Cl)(Cl)C1. The maximum absolute atomic E-state index is 10.7. The second-order valence-electron chi connectivity index (χ2n) is 2.66. The van der Waals surface area contributed by atoms with E-state index < -0.39 is 4.33 Å². The first-order valence-electron chi connectivity index (χ1n) is 3.27. The summed E-state index contributed by atoms with van der Waals surface area (Å²) in [6.07, 6.45) is 1.22. The zero-order valence-corrected chi connectivity index (χ0v) is 8.01. The molecule has 1 amide bonds. The number of carbonyl (C=O) groups is 1. The molecule has 0 aromatic rings. The number of alkyl halides is 3. The third-order valence-corrected chi connectivity index (χ3v) is 2.44. The third-order valence-electron chi connectivity index (χ3n) is 1.58. The predicted octanol–water partition coefficient (Wildman–Crippen LogP) is 1.68. The Labute approximate surface area is 80.2 Å². The fraction of sp³-hybridized carbons (Fsp3) is 0.833. The lowest BCUT2D eigenvalue weighted by Gasteiger charge is -2.38. The molecule has 1 rings (SSSR count). The van der Waals surface area contributed by atoms with Crippen molar-refractivity contribution in [2.75, 3.05) is 5.88 Å². The van der Waals surface area contributed by atoms with Crippen molar-refractivity contribution in [3.63, 3.8) is 0 Å². The van der Waals surface area contributed by atoms with Crippen LogP contribution in [0, 0.1) is 0 Å². The van der Waals surface area contributed by atoms with Crippen LogP contribution in [-0.4, -0.2) is 22.2 Å². The Hall–Kier alpha value is 0.340. The summed E-state index contributed by atoms with van der Waals surface area (Å²) >= 11 is 16.7. The molecule has 0 radical (unpaired) electrons. The van der Waals surface area contributed by atoms with Crippen molar-refractivity contribution < 1.29 is 4.79 Å². The molecule has 5 heteroatoms. The van der Waals surface area contributed by atoms with Crippen molar-refractivity contribution in [2.24, 2.45) is 0 Å². The van der Waals surface area contributed by atoms with E-state index in [2.05, 4.69) is 5.32 Å². The topological polar surface area (TPSA) is 29.1 Å². The van der Waals surface area contributed by atoms with Crippen LogP contribution in [-0.2, 0) is 4.79 Å². The molecule has 0 aliphatic heterocycles. The molecular weight excluding hydrogens is 208 g/mol. The van der Waals surface area contributed by atoms with Gasteiger partial charge in [-0.25, -0.2) is 0 Å². The van der Waals surface area contributed by atoms with Crippen LogP contribution < -0.4 is 5.32 Å². The minimum absolute atomic E-state index is 0.00588. The standard InChI is InChI=1S/C6H8Cl3NO/c7-3-5(11)10-4-1-6(8,9)2-4/h4H,1-3H2,(H,10,11). The van der Waals surface area contributed by atoms with Gasteiger partial charge in [0, 0.05) is 18.9 Å². The maximum Gasteiger partial charge on any atom is 0.235 e. The van der Waals surface area contributed by atoms with Gasteiger partial charge in [0.1, 0.15) is 10.2 Å². The lowest BCUT2D eigenvalue weighted by molar-refractivity contribution is -0.119. The van der Waals surface area contributed by atoms with Crippen LogP contribution in [0.2, 0.25) is 0 Å². The van der Waals surface area contributed by atoms with Crippen LogP contribution in [0.25, 0.3) is 0 Å². The summed E-state index contributed by atoms with van der Waals surface area (Å²) in [4.78, 5) is 10.7. The van der Waals surface area contributed by atoms with Gasteiger partial charge in [-0.3, -0.25) is 4.79 Å². The van der Waals surface area contributed by atoms with Crippen molar-refractivity contribution in [1.82, 2.24) is 5.32 Å². The number of nitrogens with one attached hydrogen (secondary N) is 1. The lowest BCUT2D eigenvalue weighted by atomic mass is 9.91. The van der Waals surface area contributed by atoms with Gasteiger partial charge in [0.2, 0.25) is 5.91 Å². The average Bonchev–Trinajstić information content (AvgIpc) is 1.83. The highest BCUT2D eigenvalue weighted by Crippen LogP contribution is 2.42. The van der Waals surface area contributed by atoms with Gasteiger partial charge >= 0.3 is 0 Å². The summed E-state index contributed by atoms with van der Waals surface area (Å²) in [7, 11) is 0. The summed E-state index contributed by atoms with van der Waals surface area (Å²) in [6.45, 7) is 0. The molecule has 11 heavy (non-hydrogen) atoms. The molecular formula is C6H8Cl3NO. The number of hydrogen-bond acceptors (Lipinski definition) is 1. The predicted molar refractivity (Wildman–Crippen MR) is 46.3 cm³/mol. The Kier molecular flexibility index (Phi) is 2.90.